The summed E-state index contributed by atoms with van der Waals surface area (Å²) in [6.07, 6.45) is 0. The van der Waals surface area contributed by atoms with Crippen molar-refractivity contribution in [1.29, 1.82) is 0 Å². The second kappa shape index (κ2) is 3.08. The number of carboxylic acids is 1. The average Bonchev–Trinajstić information content (AvgIpc) is 2.61. The van der Waals surface area contributed by atoms with Crippen LogP contribution in [0.2, 0.25) is 0 Å². The highest BCUT2D eigenvalue weighted by Gasteiger charge is 2.34. The molecule has 2 rings (SSSR count). The summed E-state index contributed by atoms with van der Waals surface area (Å²) in [6.45, 7) is 3.22. The number of benzene rings is 1. The Kier molecular flexibility index (Phi) is 2.00. The Balaban J connectivity index is 2.67. The van der Waals surface area contributed by atoms with E-state index in [1.807, 2.05) is 18.2 Å². The van der Waals surface area contributed by atoms with Crippen molar-refractivity contribution in [3.05, 3.63) is 30.0 Å². The topological polar surface area (TPSA) is 63.3 Å². The van der Waals surface area contributed by atoms with Gasteiger partial charge < -0.3 is 9.63 Å². The highest BCUT2D eigenvalue weighted by atomic mass is 16.5. The van der Waals surface area contributed by atoms with Crippen molar-refractivity contribution in [3.63, 3.8) is 0 Å². The molecule has 1 N–H and O–H groups in total. The lowest BCUT2D eigenvalue weighted by Crippen LogP contribution is -2.29. The van der Waals surface area contributed by atoms with Crippen molar-refractivity contribution in [3.8, 4) is 0 Å². The molecule has 4 nitrogen and oxygen atoms in total. The highest BCUT2D eigenvalue weighted by Crippen LogP contribution is 2.29. The fourth-order valence-corrected chi connectivity index (χ4v) is 1.44. The fraction of sp³-hybridized carbons (Fsp3) is 0.273. The smallest absolute Gasteiger partial charge is 0.315 e. The van der Waals surface area contributed by atoms with E-state index >= 15 is 0 Å². The number of hydrogen-bond acceptors (Lipinski definition) is 3. The summed E-state index contributed by atoms with van der Waals surface area (Å²) in [5.74, 6) is -0.915. The van der Waals surface area contributed by atoms with Gasteiger partial charge in [0.1, 0.15) is 11.1 Å². The summed E-state index contributed by atoms with van der Waals surface area (Å²) in [7, 11) is 0. The number of fused-ring (bicyclic) bond motifs is 1. The SMILES string of the molecule is CC(C)(C(=O)O)c1noc2ccccc12. The van der Waals surface area contributed by atoms with Crippen LogP contribution in [0.15, 0.2) is 28.8 Å². The van der Waals surface area contributed by atoms with Gasteiger partial charge >= 0.3 is 5.97 Å². The van der Waals surface area contributed by atoms with E-state index in [1.165, 1.54) is 0 Å². The molecule has 0 amide bonds. The lowest BCUT2D eigenvalue weighted by molar-refractivity contribution is -0.142. The van der Waals surface area contributed by atoms with E-state index in [-0.39, 0.29) is 0 Å². The third-order valence-electron chi connectivity index (χ3n) is 2.50. The number of aliphatic carboxylic acids is 1. The number of para-hydroxylation sites is 1. The summed E-state index contributed by atoms with van der Waals surface area (Å²) in [4.78, 5) is 11.1. The summed E-state index contributed by atoms with van der Waals surface area (Å²) in [6, 6.07) is 7.24. The van der Waals surface area contributed by atoms with E-state index < -0.39 is 11.4 Å². The van der Waals surface area contributed by atoms with Crippen LogP contribution in [0.5, 0.6) is 0 Å². The van der Waals surface area contributed by atoms with Gasteiger partial charge in [0.25, 0.3) is 0 Å². The van der Waals surface area contributed by atoms with Gasteiger partial charge in [-0.1, -0.05) is 17.3 Å². The molecule has 0 unspecified atom stereocenters. The molecule has 0 saturated heterocycles. The lowest BCUT2D eigenvalue weighted by atomic mass is 9.87. The molecule has 0 bridgehead atoms. The van der Waals surface area contributed by atoms with Crippen LogP contribution in [0, 0.1) is 0 Å². The van der Waals surface area contributed by atoms with E-state index in [2.05, 4.69) is 5.16 Å². The third kappa shape index (κ3) is 1.38. The number of carboxylic acid groups (broad SMARTS) is 1. The van der Waals surface area contributed by atoms with E-state index in [9.17, 15) is 4.79 Å². The number of aromatic nitrogens is 1. The standard InChI is InChI=1S/C11H11NO3/c1-11(2,10(13)14)9-7-5-3-4-6-8(7)15-12-9/h3-6H,1-2H3,(H,13,14). The van der Waals surface area contributed by atoms with Gasteiger partial charge in [0.05, 0.1) is 0 Å². The van der Waals surface area contributed by atoms with Gasteiger partial charge in [-0.25, -0.2) is 0 Å². The minimum absolute atomic E-state index is 0.464. The molecule has 4 heteroatoms. The zero-order valence-electron chi connectivity index (χ0n) is 8.52. The Bertz CT molecular complexity index is 513. The molecule has 0 aliphatic heterocycles. The van der Waals surface area contributed by atoms with Gasteiger partial charge in [-0.05, 0) is 26.0 Å². The van der Waals surface area contributed by atoms with E-state index in [0.717, 1.165) is 5.39 Å². The molecule has 15 heavy (non-hydrogen) atoms. The minimum atomic E-state index is -1.04. The minimum Gasteiger partial charge on any atom is -0.481 e. The molecule has 78 valence electrons. The lowest BCUT2D eigenvalue weighted by Gasteiger charge is -2.15. The Hall–Kier alpha value is -1.84. The molecule has 0 saturated carbocycles. The molecule has 0 spiro atoms. The van der Waals surface area contributed by atoms with E-state index in [1.54, 1.807) is 19.9 Å². The van der Waals surface area contributed by atoms with Crippen molar-refractivity contribution in [2.24, 2.45) is 0 Å². The first-order chi connectivity index (χ1) is 7.03. The van der Waals surface area contributed by atoms with Crippen molar-refractivity contribution in [2.75, 3.05) is 0 Å². The Labute approximate surface area is 86.5 Å². The zero-order chi connectivity index (χ0) is 11.1. The van der Waals surface area contributed by atoms with Gasteiger partial charge in [-0.3, -0.25) is 4.79 Å². The van der Waals surface area contributed by atoms with Crippen LogP contribution < -0.4 is 0 Å². The van der Waals surface area contributed by atoms with Crippen molar-refractivity contribution < 1.29 is 14.4 Å². The monoisotopic (exact) mass is 205 g/mol. The number of carbonyl (C=O) groups is 1. The molecule has 1 heterocycles. The first-order valence-corrected chi connectivity index (χ1v) is 4.62. The Morgan fingerprint density at radius 1 is 1.40 bits per heavy atom. The van der Waals surface area contributed by atoms with E-state index in [4.69, 9.17) is 9.63 Å². The van der Waals surface area contributed by atoms with Crippen LogP contribution in [0.3, 0.4) is 0 Å². The second-order valence-corrected chi connectivity index (χ2v) is 3.96. The van der Waals surface area contributed by atoms with Crippen molar-refractivity contribution >= 4 is 16.9 Å². The summed E-state index contributed by atoms with van der Waals surface area (Å²) < 4.78 is 5.07. The molecule has 0 aliphatic rings. The molecule has 0 atom stereocenters. The van der Waals surface area contributed by atoms with Gasteiger partial charge in [-0.15, -0.1) is 0 Å². The normalized spacial score (nSPS) is 11.9. The Morgan fingerprint density at radius 3 is 2.73 bits per heavy atom. The van der Waals surface area contributed by atoms with Gasteiger partial charge in [-0.2, -0.15) is 0 Å². The fourth-order valence-electron chi connectivity index (χ4n) is 1.44. The third-order valence-corrected chi connectivity index (χ3v) is 2.50. The maximum atomic E-state index is 11.1. The molecule has 0 aliphatic carbocycles. The maximum Gasteiger partial charge on any atom is 0.315 e. The molecule has 1 aromatic heterocycles. The molecule has 0 fully saturated rings. The van der Waals surface area contributed by atoms with Gasteiger partial charge in [0.15, 0.2) is 5.58 Å². The molecule has 2 aromatic rings. The summed E-state index contributed by atoms with van der Waals surface area (Å²) in [5.41, 5.74) is 0.0412. The summed E-state index contributed by atoms with van der Waals surface area (Å²) >= 11 is 0. The van der Waals surface area contributed by atoms with Crippen LogP contribution in [-0.4, -0.2) is 16.2 Å². The zero-order valence-corrected chi connectivity index (χ0v) is 8.52. The van der Waals surface area contributed by atoms with Crippen LogP contribution in [0.4, 0.5) is 0 Å². The molecule has 0 radical (unpaired) electrons. The first-order valence-electron chi connectivity index (χ1n) is 4.62. The second-order valence-electron chi connectivity index (χ2n) is 3.96. The number of hydrogen-bond donors (Lipinski definition) is 1. The highest BCUT2D eigenvalue weighted by molar-refractivity contribution is 5.88. The van der Waals surface area contributed by atoms with Crippen LogP contribution >= 0.6 is 0 Å². The van der Waals surface area contributed by atoms with Crippen LogP contribution in [0.25, 0.3) is 11.0 Å². The van der Waals surface area contributed by atoms with Crippen LogP contribution in [0.1, 0.15) is 19.5 Å². The number of nitrogens with zero attached hydrogens (tertiary/aromatic N) is 1. The van der Waals surface area contributed by atoms with E-state index in [0.29, 0.717) is 11.3 Å². The Morgan fingerprint density at radius 2 is 2.07 bits per heavy atom. The summed E-state index contributed by atoms with van der Waals surface area (Å²) in [5, 5.41) is 13.7. The predicted molar refractivity (Wildman–Crippen MR) is 54.7 cm³/mol. The molecular weight excluding hydrogens is 194 g/mol. The molecule has 1 aromatic carbocycles. The molecular formula is C11H11NO3. The average molecular weight is 205 g/mol. The number of rotatable bonds is 2. The van der Waals surface area contributed by atoms with Crippen molar-refractivity contribution in [2.45, 2.75) is 19.3 Å². The van der Waals surface area contributed by atoms with Gasteiger partial charge in [0, 0.05) is 5.39 Å². The van der Waals surface area contributed by atoms with Crippen molar-refractivity contribution in [1.82, 2.24) is 5.16 Å². The first kappa shape index (κ1) is 9.71. The predicted octanol–water partition coefficient (Wildman–Crippen LogP) is 2.19. The van der Waals surface area contributed by atoms with Gasteiger partial charge in [0.2, 0.25) is 0 Å². The van der Waals surface area contributed by atoms with Crippen LogP contribution in [-0.2, 0) is 10.2 Å². The maximum absolute atomic E-state index is 11.1. The largest absolute Gasteiger partial charge is 0.481 e. The quantitative estimate of drug-likeness (QED) is 0.816.